The Hall–Kier alpha value is -3.79. The fourth-order valence-corrected chi connectivity index (χ4v) is 3.02. The van der Waals surface area contributed by atoms with E-state index in [1.165, 1.54) is 0 Å². The summed E-state index contributed by atoms with van der Waals surface area (Å²) >= 11 is 5.75. The quantitative estimate of drug-likeness (QED) is 0.341. The number of carbonyl (C=O) groups is 2. The van der Waals surface area contributed by atoms with E-state index in [1.807, 2.05) is 0 Å². The average Bonchev–Trinajstić information content (AvgIpc) is 3.13. The molecule has 0 spiro atoms. The maximum absolute atomic E-state index is 14.7. The van der Waals surface area contributed by atoms with Crippen LogP contribution in [0.1, 0.15) is 20.8 Å². The molecule has 30 heavy (non-hydrogen) atoms. The normalized spacial score (nSPS) is 10.5. The average molecular weight is 434 g/mol. The standard InChI is InChI=1S/C19H13ClFN3O6/c1-29-18(25)15-16(11-8-14(24(27)28)12(20)9-13(11)21)22-23(17(15)19(26)30-2)10-6-4-3-5-7-10/h3-9H,1-2H3. The van der Waals surface area contributed by atoms with Crippen molar-refractivity contribution < 1.29 is 28.4 Å². The molecule has 0 amide bonds. The molecular formula is C19H13ClFN3O6. The SMILES string of the molecule is COC(=O)c1c(-c2cc([N+](=O)[O-])c(Cl)cc2F)nn(-c2ccccc2)c1C(=O)OC. The molecule has 1 heterocycles. The lowest BCUT2D eigenvalue weighted by atomic mass is 10.0. The molecule has 0 bridgehead atoms. The zero-order chi connectivity index (χ0) is 22.0. The highest BCUT2D eigenvalue weighted by molar-refractivity contribution is 6.32. The predicted molar refractivity (Wildman–Crippen MR) is 103 cm³/mol. The van der Waals surface area contributed by atoms with Crippen LogP contribution in [0.4, 0.5) is 10.1 Å². The summed E-state index contributed by atoms with van der Waals surface area (Å²) < 4.78 is 25.3. The molecular weight excluding hydrogens is 421 g/mol. The van der Waals surface area contributed by atoms with Crippen LogP contribution < -0.4 is 0 Å². The van der Waals surface area contributed by atoms with Crippen molar-refractivity contribution in [1.29, 1.82) is 0 Å². The molecule has 3 rings (SSSR count). The Morgan fingerprint density at radius 1 is 1.13 bits per heavy atom. The molecule has 0 aliphatic heterocycles. The minimum atomic E-state index is -1.01. The van der Waals surface area contributed by atoms with E-state index < -0.39 is 44.5 Å². The maximum atomic E-state index is 14.7. The molecule has 0 aliphatic carbocycles. The molecule has 1 aromatic heterocycles. The first kappa shape index (κ1) is 20.9. The molecule has 0 radical (unpaired) electrons. The minimum Gasteiger partial charge on any atom is -0.465 e. The Labute approximate surface area is 173 Å². The summed E-state index contributed by atoms with van der Waals surface area (Å²) in [4.78, 5) is 35.5. The molecule has 3 aromatic rings. The van der Waals surface area contributed by atoms with E-state index in [4.69, 9.17) is 21.1 Å². The van der Waals surface area contributed by atoms with Crippen molar-refractivity contribution in [3.05, 3.63) is 74.7 Å². The van der Waals surface area contributed by atoms with E-state index in [-0.39, 0.29) is 11.4 Å². The van der Waals surface area contributed by atoms with Gasteiger partial charge < -0.3 is 9.47 Å². The van der Waals surface area contributed by atoms with Crippen molar-refractivity contribution in [2.24, 2.45) is 0 Å². The van der Waals surface area contributed by atoms with E-state index in [0.717, 1.165) is 31.0 Å². The van der Waals surface area contributed by atoms with Crippen molar-refractivity contribution >= 4 is 29.2 Å². The third-order valence-electron chi connectivity index (χ3n) is 4.14. The summed E-state index contributed by atoms with van der Waals surface area (Å²) in [6.07, 6.45) is 0. The number of para-hydroxylation sites is 1. The highest BCUT2D eigenvalue weighted by Gasteiger charge is 2.33. The Kier molecular flexibility index (Phi) is 5.79. The lowest BCUT2D eigenvalue weighted by Gasteiger charge is -2.07. The second kappa shape index (κ2) is 8.29. The van der Waals surface area contributed by atoms with Crippen LogP contribution in [-0.2, 0) is 9.47 Å². The first-order chi connectivity index (χ1) is 14.3. The summed E-state index contributed by atoms with van der Waals surface area (Å²) in [5.74, 6) is -2.93. The van der Waals surface area contributed by atoms with Crippen molar-refractivity contribution in [3.8, 4) is 16.9 Å². The molecule has 154 valence electrons. The zero-order valence-corrected chi connectivity index (χ0v) is 16.3. The van der Waals surface area contributed by atoms with Crippen LogP contribution in [0, 0.1) is 15.9 Å². The number of aromatic nitrogens is 2. The minimum absolute atomic E-state index is 0.331. The van der Waals surface area contributed by atoms with Gasteiger partial charge in [0, 0.05) is 17.7 Å². The zero-order valence-electron chi connectivity index (χ0n) is 15.6. The monoisotopic (exact) mass is 433 g/mol. The molecule has 0 fully saturated rings. The first-order valence-electron chi connectivity index (χ1n) is 8.29. The second-order valence-electron chi connectivity index (χ2n) is 5.84. The van der Waals surface area contributed by atoms with E-state index >= 15 is 0 Å². The fraction of sp³-hybridized carbons (Fsp3) is 0.105. The van der Waals surface area contributed by atoms with Crippen LogP contribution in [0.3, 0.4) is 0 Å². The first-order valence-corrected chi connectivity index (χ1v) is 8.66. The van der Waals surface area contributed by atoms with Crippen LogP contribution in [-0.4, -0.2) is 40.9 Å². The summed E-state index contributed by atoms with van der Waals surface area (Å²) in [6, 6.07) is 9.77. The van der Waals surface area contributed by atoms with Gasteiger partial charge in [-0.05, 0) is 12.1 Å². The van der Waals surface area contributed by atoms with E-state index in [2.05, 4.69) is 5.10 Å². The number of hydrogen-bond acceptors (Lipinski definition) is 7. The predicted octanol–water partition coefficient (Wildman–Crippen LogP) is 3.81. The molecule has 11 heteroatoms. The third kappa shape index (κ3) is 3.60. The fourth-order valence-electron chi connectivity index (χ4n) is 2.80. The number of benzene rings is 2. The number of nitro benzene ring substituents is 1. The number of halogens is 2. The van der Waals surface area contributed by atoms with Gasteiger partial charge in [0.2, 0.25) is 0 Å². The van der Waals surface area contributed by atoms with Gasteiger partial charge in [-0.15, -0.1) is 0 Å². The number of hydrogen-bond donors (Lipinski definition) is 0. The van der Waals surface area contributed by atoms with Gasteiger partial charge in [0.15, 0.2) is 5.69 Å². The molecule has 0 atom stereocenters. The lowest BCUT2D eigenvalue weighted by Crippen LogP contribution is -2.15. The van der Waals surface area contributed by atoms with Crippen LogP contribution in [0.15, 0.2) is 42.5 Å². The molecule has 0 saturated heterocycles. The highest BCUT2D eigenvalue weighted by Crippen LogP contribution is 2.36. The number of nitro groups is 1. The van der Waals surface area contributed by atoms with Gasteiger partial charge in [-0.1, -0.05) is 29.8 Å². The third-order valence-corrected chi connectivity index (χ3v) is 4.45. The van der Waals surface area contributed by atoms with E-state index in [9.17, 15) is 24.1 Å². The highest BCUT2D eigenvalue weighted by atomic mass is 35.5. The topological polar surface area (TPSA) is 114 Å². The summed E-state index contributed by atoms with van der Waals surface area (Å²) in [7, 11) is 2.16. The Balaban J connectivity index is 2.42. The number of esters is 2. The summed E-state index contributed by atoms with van der Waals surface area (Å²) in [5.41, 5.74) is -1.74. The van der Waals surface area contributed by atoms with Crippen LogP contribution in [0.5, 0.6) is 0 Å². The van der Waals surface area contributed by atoms with Gasteiger partial charge in [0.25, 0.3) is 5.69 Å². The maximum Gasteiger partial charge on any atom is 0.357 e. The smallest absolute Gasteiger partial charge is 0.357 e. The number of nitrogens with zero attached hydrogens (tertiary/aromatic N) is 3. The number of carbonyl (C=O) groups excluding carboxylic acids is 2. The summed E-state index contributed by atoms with van der Waals surface area (Å²) in [6.45, 7) is 0. The van der Waals surface area contributed by atoms with Gasteiger partial charge >= 0.3 is 11.9 Å². The molecule has 0 unspecified atom stereocenters. The Bertz CT molecular complexity index is 1160. The largest absolute Gasteiger partial charge is 0.465 e. The molecule has 2 aromatic carbocycles. The van der Waals surface area contributed by atoms with Gasteiger partial charge in [0.1, 0.15) is 22.1 Å². The number of ether oxygens (including phenoxy) is 2. The van der Waals surface area contributed by atoms with Gasteiger partial charge in [0.05, 0.1) is 24.8 Å². The number of rotatable bonds is 5. The second-order valence-corrected chi connectivity index (χ2v) is 6.25. The molecule has 0 aliphatic rings. The van der Waals surface area contributed by atoms with Crippen LogP contribution in [0.25, 0.3) is 16.9 Å². The summed E-state index contributed by atoms with van der Waals surface area (Å²) in [5, 5.41) is 15.0. The van der Waals surface area contributed by atoms with Crippen molar-refractivity contribution in [1.82, 2.24) is 9.78 Å². The van der Waals surface area contributed by atoms with Crippen molar-refractivity contribution in [2.45, 2.75) is 0 Å². The molecule has 0 N–H and O–H groups in total. The Morgan fingerprint density at radius 3 is 2.33 bits per heavy atom. The molecule has 9 nitrogen and oxygen atoms in total. The lowest BCUT2D eigenvalue weighted by molar-refractivity contribution is -0.384. The molecule has 0 saturated carbocycles. The number of methoxy groups -OCH3 is 2. The van der Waals surface area contributed by atoms with Gasteiger partial charge in [-0.3, -0.25) is 10.1 Å². The van der Waals surface area contributed by atoms with Crippen molar-refractivity contribution in [3.63, 3.8) is 0 Å². The van der Waals surface area contributed by atoms with Crippen LogP contribution >= 0.6 is 11.6 Å². The Morgan fingerprint density at radius 2 is 1.77 bits per heavy atom. The van der Waals surface area contributed by atoms with Crippen molar-refractivity contribution in [2.75, 3.05) is 14.2 Å². The van der Waals surface area contributed by atoms with Gasteiger partial charge in [-0.25, -0.2) is 18.7 Å². The van der Waals surface area contributed by atoms with Gasteiger partial charge in [-0.2, -0.15) is 5.10 Å². The van der Waals surface area contributed by atoms with E-state index in [1.54, 1.807) is 30.3 Å². The van der Waals surface area contributed by atoms with Crippen LogP contribution in [0.2, 0.25) is 5.02 Å². The van der Waals surface area contributed by atoms with E-state index in [0.29, 0.717) is 5.69 Å².